The third kappa shape index (κ3) is 1.48. The van der Waals surface area contributed by atoms with Crippen LogP contribution in [0, 0.1) is 5.92 Å². The number of rotatable bonds is 2. The summed E-state index contributed by atoms with van der Waals surface area (Å²) in [5.41, 5.74) is 0. The van der Waals surface area contributed by atoms with Crippen LogP contribution in [0.3, 0.4) is 0 Å². The highest BCUT2D eigenvalue weighted by molar-refractivity contribution is 7.13. The Morgan fingerprint density at radius 2 is 2.50 bits per heavy atom. The summed E-state index contributed by atoms with van der Waals surface area (Å²) in [6, 6.07) is 0. The van der Waals surface area contributed by atoms with E-state index < -0.39 is 11.9 Å². The zero-order valence-electron chi connectivity index (χ0n) is 7.21. The summed E-state index contributed by atoms with van der Waals surface area (Å²) in [7, 11) is 0. The molecule has 0 unspecified atom stereocenters. The predicted molar refractivity (Wildman–Crippen MR) is 50.2 cm³/mol. The fourth-order valence-corrected chi connectivity index (χ4v) is 2.08. The molecule has 1 N–H and O–H groups in total. The number of aliphatic carboxylic acids is 1. The quantitative estimate of drug-likeness (QED) is 0.778. The second kappa shape index (κ2) is 3.38. The highest BCUT2D eigenvalue weighted by atomic mass is 32.1. The van der Waals surface area contributed by atoms with Crippen molar-refractivity contribution in [3.63, 3.8) is 0 Å². The van der Waals surface area contributed by atoms with Gasteiger partial charge in [0.25, 0.3) is 0 Å². The smallest absolute Gasteiger partial charge is 0.308 e. The molecule has 0 aromatic carbocycles. The van der Waals surface area contributed by atoms with Crippen molar-refractivity contribution in [3.05, 3.63) is 11.6 Å². The molecule has 2 heterocycles. The van der Waals surface area contributed by atoms with E-state index in [1.807, 2.05) is 0 Å². The van der Waals surface area contributed by atoms with Gasteiger partial charge in [0.1, 0.15) is 0 Å². The largest absolute Gasteiger partial charge is 0.481 e. The van der Waals surface area contributed by atoms with Gasteiger partial charge in [0, 0.05) is 24.5 Å². The van der Waals surface area contributed by atoms with E-state index in [-0.39, 0.29) is 18.9 Å². The lowest BCUT2D eigenvalue weighted by molar-refractivity contribution is -0.141. The lowest BCUT2D eigenvalue weighted by Gasteiger charge is -2.10. The molecule has 6 heteroatoms. The molecule has 1 aromatic rings. The van der Waals surface area contributed by atoms with Gasteiger partial charge in [0.05, 0.1) is 5.92 Å². The molecule has 1 amide bonds. The maximum atomic E-state index is 11.4. The summed E-state index contributed by atoms with van der Waals surface area (Å²) >= 11 is 1.34. The molecule has 1 aliphatic rings. The van der Waals surface area contributed by atoms with Crippen molar-refractivity contribution in [1.29, 1.82) is 0 Å². The minimum absolute atomic E-state index is 0.0783. The SMILES string of the molecule is O=C(O)[C@H]1CC(=O)N(c2nccs2)C1. The molecule has 0 saturated carbocycles. The summed E-state index contributed by atoms with van der Waals surface area (Å²) in [5.74, 6) is -1.67. The minimum Gasteiger partial charge on any atom is -0.481 e. The number of nitrogens with zero attached hydrogens (tertiary/aromatic N) is 2. The molecule has 1 aromatic heterocycles. The van der Waals surface area contributed by atoms with Crippen LogP contribution >= 0.6 is 11.3 Å². The Morgan fingerprint density at radius 3 is 3.00 bits per heavy atom. The molecule has 14 heavy (non-hydrogen) atoms. The zero-order chi connectivity index (χ0) is 10.1. The third-order valence-corrected chi connectivity index (χ3v) is 2.92. The highest BCUT2D eigenvalue weighted by Crippen LogP contribution is 2.26. The van der Waals surface area contributed by atoms with Gasteiger partial charge in [-0.2, -0.15) is 0 Å². The first-order valence-electron chi connectivity index (χ1n) is 4.11. The van der Waals surface area contributed by atoms with Crippen molar-refractivity contribution < 1.29 is 14.7 Å². The molecule has 1 aliphatic heterocycles. The van der Waals surface area contributed by atoms with Crippen LogP contribution in [0.4, 0.5) is 5.13 Å². The van der Waals surface area contributed by atoms with Crippen LogP contribution in [0.1, 0.15) is 6.42 Å². The Balaban J connectivity index is 2.16. The average molecular weight is 212 g/mol. The lowest BCUT2D eigenvalue weighted by Crippen LogP contribution is -2.25. The van der Waals surface area contributed by atoms with Gasteiger partial charge < -0.3 is 5.11 Å². The van der Waals surface area contributed by atoms with Crippen LogP contribution in [0.5, 0.6) is 0 Å². The molecule has 5 nitrogen and oxygen atoms in total. The Bertz CT molecular complexity index is 363. The number of thiazole rings is 1. The van der Waals surface area contributed by atoms with E-state index in [2.05, 4.69) is 4.98 Å². The Hall–Kier alpha value is -1.43. The van der Waals surface area contributed by atoms with Crippen molar-refractivity contribution in [2.75, 3.05) is 11.4 Å². The molecule has 74 valence electrons. The first-order valence-corrected chi connectivity index (χ1v) is 4.99. The average Bonchev–Trinajstić information content (AvgIpc) is 2.71. The highest BCUT2D eigenvalue weighted by Gasteiger charge is 2.35. The monoisotopic (exact) mass is 212 g/mol. The lowest BCUT2D eigenvalue weighted by atomic mass is 10.1. The van der Waals surface area contributed by atoms with Crippen LogP contribution in [-0.4, -0.2) is 28.5 Å². The maximum Gasteiger partial charge on any atom is 0.308 e. The Kier molecular flexibility index (Phi) is 2.20. The minimum atomic E-state index is -0.919. The first kappa shape index (κ1) is 9.14. The van der Waals surface area contributed by atoms with Gasteiger partial charge in [-0.1, -0.05) is 0 Å². The summed E-state index contributed by atoms with van der Waals surface area (Å²) in [6.45, 7) is 0.238. The van der Waals surface area contributed by atoms with Gasteiger partial charge in [-0.25, -0.2) is 4.98 Å². The van der Waals surface area contributed by atoms with Crippen LogP contribution in [0.2, 0.25) is 0 Å². The molecule has 0 bridgehead atoms. The van der Waals surface area contributed by atoms with E-state index >= 15 is 0 Å². The number of hydrogen-bond donors (Lipinski definition) is 1. The van der Waals surface area contributed by atoms with Gasteiger partial charge in [-0.15, -0.1) is 11.3 Å². The fourth-order valence-electron chi connectivity index (χ4n) is 1.41. The third-order valence-electron chi connectivity index (χ3n) is 2.12. The Labute approximate surface area is 84.0 Å². The number of amides is 1. The molecular weight excluding hydrogens is 204 g/mol. The van der Waals surface area contributed by atoms with Gasteiger partial charge >= 0.3 is 5.97 Å². The first-order chi connectivity index (χ1) is 6.68. The van der Waals surface area contributed by atoms with E-state index in [4.69, 9.17) is 5.11 Å². The topological polar surface area (TPSA) is 70.5 Å². The van der Waals surface area contributed by atoms with Gasteiger partial charge in [-0.05, 0) is 0 Å². The van der Waals surface area contributed by atoms with E-state index in [0.717, 1.165) is 0 Å². The van der Waals surface area contributed by atoms with Gasteiger partial charge in [0.2, 0.25) is 5.91 Å². The van der Waals surface area contributed by atoms with Crippen molar-refractivity contribution in [1.82, 2.24) is 4.98 Å². The molecule has 1 atom stereocenters. The van der Waals surface area contributed by atoms with E-state index in [1.54, 1.807) is 11.6 Å². The summed E-state index contributed by atoms with van der Waals surface area (Å²) < 4.78 is 0. The summed E-state index contributed by atoms with van der Waals surface area (Å²) in [6.07, 6.45) is 1.68. The van der Waals surface area contributed by atoms with Crippen molar-refractivity contribution >= 4 is 28.3 Å². The van der Waals surface area contributed by atoms with Crippen LogP contribution < -0.4 is 4.90 Å². The molecule has 0 aliphatic carbocycles. The van der Waals surface area contributed by atoms with Crippen molar-refractivity contribution in [3.8, 4) is 0 Å². The van der Waals surface area contributed by atoms with Gasteiger partial charge in [0.15, 0.2) is 5.13 Å². The molecule has 0 spiro atoms. The number of carboxylic acid groups (broad SMARTS) is 1. The summed E-state index contributed by atoms with van der Waals surface area (Å²) in [4.78, 5) is 27.5. The fraction of sp³-hybridized carbons (Fsp3) is 0.375. The van der Waals surface area contributed by atoms with Crippen LogP contribution in [0.15, 0.2) is 11.6 Å². The molecule has 0 radical (unpaired) electrons. The number of carboxylic acids is 1. The van der Waals surface area contributed by atoms with Crippen LogP contribution in [-0.2, 0) is 9.59 Å². The maximum absolute atomic E-state index is 11.4. The standard InChI is InChI=1S/C8H8N2O3S/c11-6-3-5(7(12)13)4-10(6)8-9-1-2-14-8/h1-2,5H,3-4H2,(H,12,13)/t5-/m0/s1. The molecular formula is C8H8N2O3S. The number of carbonyl (C=O) groups is 2. The second-order valence-corrected chi connectivity index (χ2v) is 3.93. The van der Waals surface area contributed by atoms with Crippen LogP contribution in [0.25, 0.3) is 0 Å². The van der Waals surface area contributed by atoms with E-state index in [1.165, 1.54) is 16.2 Å². The predicted octanol–water partition coefficient (Wildman–Crippen LogP) is 0.581. The molecule has 1 fully saturated rings. The number of anilines is 1. The van der Waals surface area contributed by atoms with E-state index in [9.17, 15) is 9.59 Å². The molecule has 1 saturated heterocycles. The molecule has 2 rings (SSSR count). The van der Waals surface area contributed by atoms with Crippen molar-refractivity contribution in [2.24, 2.45) is 5.92 Å². The summed E-state index contributed by atoms with van der Waals surface area (Å²) in [5, 5.41) is 11.1. The zero-order valence-corrected chi connectivity index (χ0v) is 8.03. The number of aromatic nitrogens is 1. The number of hydrogen-bond acceptors (Lipinski definition) is 4. The normalized spacial score (nSPS) is 21.6. The Morgan fingerprint density at radius 1 is 1.71 bits per heavy atom. The van der Waals surface area contributed by atoms with Crippen molar-refractivity contribution in [2.45, 2.75) is 6.42 Å². The van der Waals surface area contributed by atoms with E-state index in [0.29, 0.717) is 5.13 Å². The second-order valence-electron chi connectivity index (χ2n) is 3.06. The van der Waals surface area contributed by atoms with Gasteiger partial charge in [-0.3, -0.25) is 14.5 Å². The number of carbonyl (C=O) groups excluding carboxylic acids is 1.